The minimum atomic E-state index is 0.288. The van der Waals surface area contributed by atoms with Crippen LogP contribution in [0.4, 0.5) is 0 Å². The molecule has 0 saturated carbocycles. The van der Waals surface area contributed by atoms with Crippen molar-refractivity contribution in [3.63, 3.8) is 0 Å². The highest BCUT2D eigenvalue weighted by atomic mass is 35.5. The number of nitrogens with zero attached hydrogens (tertiary/aromatic N) is 2. The fraction of sp³-hybridized carbons (Fsp3) is 0.214. The summed E-state index contributed by atoms with van der Waals surface area (Å²) in [6, 6.07) is 10.4. The lowest BCUT2D eigenvalue weighted by Crippen LogP contribution is -2.16. The van der Waals surface area contributed by atoms with Crippen molar-refractivity contribution in [3.05, 3.63) is 57.5 Å². The van der Waals surface area contributed by atoms with Crippen LogP contribution in [0.15, 0.2) is 42.7 Å². The van der Waals surface area contributed by atoms with Gasteiger partial charge < -0.3 is 5.32 Å². The molecule has 3 nitrogen and oxygen atoms in total. The van der Waals surface area contributed by atoms with Crippen LogP contribution in [0.2, 0.25) is 4.34 Å². The van der Waals surface area contributed by atoms with E-state index in [0.717, 1.165) is 16.4 Å². The summed E-state index contributed by atoms with van der Waals surface area (Å²) in [5, 5.41) is 7.84. The van der Waals surface area contributed by atoms with E-state index in [0.29, 0.717) is 0 Å². The molecule has 3 aromatic rings. The monoisotopic (exact) mass is 291 g/mol. The summed E-state index contributed by atoms with van der Waals surface area (Å²) in [6.07, 6.45) is 3.87. The van der Waals surface area contributed by atoms with Crippen molar-refractivity contribution in [2.24, 2.45) is 0 Å². The van der Waals surface area contributed by atoms with Gasteiger partial charge in [-0.05, 0) is 31.2 Å². The maximum Gasteiger partial charge on any atom is 0.0931 e. The molecule has 1 N–H and O–H groups in total. The first-order valence-electron chi connectivity index (χ1n) is 6.14. The maximum atomic E-state index is 5.96. The molecule has 0 aliphatic rings. The molecule has 3 aromatic heterocycles. The SMILES string of the molecule is CC(NCc1cnn2ccccc12)c1ccc(Cl)s1. The molecule has 0 saturated heterocycles. The first-order valence-corrected chi connectivity index (χ1v) is 7.33. The van der Waals surface area contributed by atoms with Crippen LogP contribution in [-0.4, -0.2) is 9.61 Å². The zero-order valence-electron chi connectivity index (χ0n) is 10.5. The molecule has 5 heteroatoms. The summed E-state index contributed by atoms with van der Waals surface area (Å²) in [6.45, 7) is 2.94. The van der Waals surface area contributed by atoms with Crippen molar-refractivity contribution in [2.75, 3.05) is 0 Å². The fourth-order valence-electron chi connectivity index (χ4n) is 2.05. The van der Waals surface area contributed by atoms with Crippen molar-refractivity contribution < 1.29 is 0 Å². The number of aromatic nitrogens is 2. The Morgan fingerprint density at radius 1 is 1.37 bits per heavy atom. The van der Waals surface area contributed by atoms with Crippen LogP contribution < -0.4 is 5.32 Å². The topological polar surface area (TPSA) is 29.3 Å². The second-order valence-electron chi connectivity index (χ2n) is 4.44. The Hall–Kier alpha value is -1.36. The zero-order chi connectivity index (χ0) is 13.2. The van der Waals surface area contributed by atoms with Crippen molar-refractivity contribution in [1.29, 1.82) is 0 Å². The Bertz CT molecular complexity index is 689. The van der Waals surface area contributed by atoms with Crippen LogP contribution in [0.5, 0.6) is 0 Å². The molecule has 0 aliphatic carbocycles. The molecule has 0 bridgehead atoms. The van der Waals surface area contributed by atoms with E-state index in [2.05, 4.69) is 29.5 Å². The first kappa shape index (κ1) is 12.7. The predicted molar refractivity (Wildman–Crippen MR) is 79.8 cm³/mol. The third-order valence-corrected chi connectivity index (χ3v) is 4.54. The maximum absolute atomic E-state index is 5.96. The molecule has 0 spiro atoms. The highest BCUT2D eigenvalue weighted by Gasteiger charge is 2.09. The second-order valence-corrected chi connectivity index (χ2v) is 6.19. The Labute approximate surface area is 120 Å². The van der Waals surface area contributed by atoms with Crippen LogP contribution in [0, 0.1) is 0 Å². The van der Waals surface area contributed by atoms with Gasteiger partial charge in [0.1, 0.15) is 0 Å². The smallest absolute Gasteiger partial charge is 0.0931 e. The van der Waals surface area contributed by atoms with Gasteiger partial charge in [-0.15, -0.1) is 11.3 Å². The predicted octanol–water partition coefficient (Wildman–Crippen LogP) is 3.90. The van der Waals surface area contributed by atoms with Crippen molar-refractivity contribution in [3.8, 4) is 0 Å². The number of thiophene rings is 1. The molecular formula is C14H14ClN3S. The fourth-order valence-corrected chi connectivity index (χ4v) is 3.14. The lowest BCUT2D eigenvalue weighted by atomic mass is 10.2. The van der Waals surface area contributed by atoms with Gasteiger partial charge in [-0.2, -0.15) is 5.10 Å². The molecular weight excluding hydrogens is 278 g/mol. The average molecular weight is 292 g/mol. The van der Waals surface area contributed by atoms with Gasteiger partial charge in [0, 0.05) is 29.2 Å². The third kappa shape index (κ3) is 2.66. The van der Waals surface area contributed by atoms with E-state index < -0.39 is 0 Å². The normalized spacial score (nSPS) is 12.9. The van der Waals surface area contributed by atoms with Crippen LogP contribution >= 0.6 is 22.9 Å². The van der Waals surface area contributed by atoms with Gasteiger partial charge in [0.25, 0.3) is 0 Å². The lowest BCUT2D eigenvalue weighted by molar-refractivity contribution is 0.584. The van der Waals surface area contributed by atoms with E-state index in [-0.39, 0.29) is 6.04 Å². The molecule has 3 heterocycles. The zero-order valence-corrected chi connectivity index (χ0v) is 12.1. The number of hydrogen-bond donors (Lipinski definition) is 1. The molecule has 98 valence electrons. The van der Waals surface area contributed by atoms with Crippen LogP contribution in [0.25, 0.3) is 5.52 Å². The Balaban J connectivity index is 1.72. The number of fused-ring (bicyclic) bond motifs is 1. The number of hydrogen-bond acceptors (Lipinski definition) is 3. The molecule has 0 radical (unpaired) electrons. The quantitative estimate of drug-likeness (QED) is 0.790. The molecule has 1 atom stereocenters. The third-order valence-electron chi connectivity index (χ3n) is 3.13. The molecule has 0 fully saturated rings. The number of nitrogens with one attached hydrogen (secondary N) is 1. The Morgan fingerprint density at radius 3 is 3.05 bits per heavy atom. The number of pyridine rings is 1. The van der Waals surface area contributed by atoms with Crippen LogP contribution in [0.1, 0.15) is 23.4 Å². The van der Waals surface area contributed by atoms with E-state index in [9.17, 15) is 0 Å². The minimum absolute atomic E-state index is 0.288. The lowest BCUT2D eigenvalue weighted by Gasteiger charge is -2.11. The number of halogens is 1. The van der Waals surface area contributed by atoms with Crippen LogP contribution in [-0.2, 0) is 6.54 Å². The standard InChI is InChI=1S/C14H14ClN3S/c1-10(13-5-6-14(15)19-13)16-8-11-9-17-18-7-3-2-4-12(11)18/h2-7,9-10,16H,8H2,1H3. The second kappa shape index (κ2) is 5.33. The molecule has 0 amide bonds. The Morgan fingerprint density at radius 2 is 2.26 bits per heavy atom. The van der Waals surface area contributed by atoms with Gasteiger partial charge in [-0.3, -0.25) is 0 Å². The summed E-state index contributed by atoms with van der Waals surface area (Å²) in [4.78, 5) is 1.25. The molecule has 1 unspecified atom stereocenters. The molecule has 3 rings (SSSR count). The summed E-state index contributed by atoms with van der Waals surface area (Å²) in [5.74, 6) is 0. The van der Waals surface area contributed by atoms with Gasteiger partial charge in [-0.25, -0.2) is 4.52 Å². The molecule has 0 aliphatic heterocycles. The largest absolute Gasteiger partial charge is 0.305 e. The summed E-state index contributed by atoms with van der Waals surface area (Å²) < 4.78 is 2.73. The highest BCUT2D eigenvalue weighted by Crippen LogP contribution is 2.26. The van der Waals surface area contributed by atoms with E-state index in [1.165, 1.54) is 10.4 Å². The van der Waals surface area contributed by atoms with E-state index in [1.54, 1.807) is 11.3 Å². The van der Waals surface area contributed by atoms with Crippen molar-refractivity contribution in [1.82, 2.24) is 14.9 Å². The van der Waals surface area contributed by atoms with Gasteiger partial charge in [0.05, 0.1) is 16.0 Å². The van der Waals surface area contributed by atoms with Gasteiger partial charge in [0.15, 0.2) is 0 Å². The first-order chi connectivity index (χ1) is 9.24. The van der Waals surface area contributed by atoms with Crippen molar-refractivity contribution >= 4 is 28.5 Å². The van der Waals surface area contributed by atoms with Gasteiger partial charge in [-0.1, -0.05) is 17.7 Å². The van der Waals surface area contributed by atoms with Crippen LogP contribution in [0.3, 0.4) is 0 Å². The molecule has 0 aromatic carbocycles. The summed E-state index contributed by atoms with van der Waals surface area (Å²) >= 11 is 7.58. The number of rotatable bonds is 4. The van der Waals surface area contributed by atoms with E-state index in [4.69, 9.17) is 11.6 Å². The molecule has 19 heavy (non-hydrogen) atoms. The average Bonchev–Trinajstić information content (AvgIpc) is 3.02. The minimum Gasteiger partial charge on any atom is -0.305 e. The van der Waals surface area contributed by atoms with E-state index in [1.807, 2.05) is 35.1 Å². The van der Waals surface area contributed by atoms with E-state index >= 15 is 0 Å². The highest BCUT2D eigenvalue weighted by molar-refractivity contribution is 7.16. The van der Waals surface area contributed by atoms with Gasteiger partial charge in [0.2, 0.25) is 0 Å². The summed E-state index contributed by atoms with van der Waals surface area (Å²) in [5.41, 5.74) is 2.35. The summed E-state index contributed by atoms with van der Waals surface area (Å²) in [7, 11) is 0. The van der Waals surface area contributed by atoms with Crippen molar-refractivity contribution in [2.45, 2.75) is 19.5 Å². The Kier molecular flexibility index (Phi) is 3.55. The van der Waals surface area contributed by atoms with Gasteiger partial charge >= 0.3 is 0 Å².